The van der Waals surface area contributed by atoms with Gasteiger partial charge < -0.3 is 5.32 Å². The molecule has 0 heterocycles. The molecule has 2 aromatic carbocycles. The van der Waals surface area contributed by atoms with Gasteiger partial charge in [0.2, 0.25) is 10.0 Å². The van der Waals surface area contributed by atoms with E-state index in [4.69, 9.17) is 0 Å². The predicted molar refractivity (Wildman–Crippen MR) is 90.4 cm³/mol. The van der Waals surface area contributed by atoms with Gasteiger partial charge in [0.25, 0.3) is 5.91 Å². The van der Waals surface area contributed by atoms with Gasteiger partial charge in [-0.25, -0.2) is 17.2 Å². The molecule has 0 aliphatic rings. The Morgan fingerprint density at radius 3 is 2.48 bits per heavy atom. The second-order valence-electron chi connectivity index (χ2n) is 5.45. The summed E-state index contributed by atoms with van der Waals surface area (Å²) in [5, 5.41) is 2.52. The fourth-order valence-corrected chi connectivity index (χ4v) is 3.00. The van der Waals surface area contributed by atoms with Crippen molar-refractivity contribution in [3.63, 3.8) is 0 Å². The van der Waals surface area contributed by atoms with E-state index in [1.54, 1.807) is 6.07 Å². The topological polar surface area (TPSA) is 66.5 Å². The van der Waals surface area contributed by atoms with E-state index in [-0.39, 0.29) is 30.8 Å². The number of nitrogens with one attached hydrogen (secondary N) is 1. The predicted octanol–water partition coefficient (Wildman–Crippen LogP) is 2.16. The third-order valence-corrected chi connectivity index (χ3v) is 4.76. The summed E-state index contributed by atoms with van der Waals surface area (Å²) >= 11 is 0. The average Bonchev–Trinajstić information content (AvgIpc) is 2.54. The van der Waals surface area contributed by atoms with Crippen molar-refractivity contribution >= 4 is 15.9 Å². The molecule has 0 saturated carbocycles. The number of hydrogen-bond acceptors (Lipinski definition) is 3. The van der Waals surface area contributed by atoms with Crippen LogP contribution in [-0.2, 0) is 16.6 Å². The lowest BCUT2D eigenvalue weighted by molar-refractivity contribution is 0.0951. The van der Waals surface area contributed by atoms with Crippen LogP contribution in [0.15, 0.2) is 48.5 Å². The summed E-state index contributed by atoms with van der Waals surface area (Å²) in [7, 11) is -3.59. The number of carbonyl (C=O) groups is 1. The quantitative estimate of drug-likeness (QED) is 0.814. The summed E-state index contributed by atoms with van der Waals surface area (Å²) in [6, 6.07) is 11.0. The molecule has 8 heteroatoms. The van der Waals surface area contributed by atoms with Crippen LogP contribution in [0, 0.1) is 11.6 Å². The molecule has 0 fully saturated rings. The molecule has 1 amide bonds. The first-order valence-electron chi connectivity index (χ1n) is 7.49. The first-order chi connectivity index (χ1) is 11.8. The van der Waals surface area contributed by atoms with Crippen molar-refractivity contribution in [1.82, 2.24) is 9.62 Å². The fourth-order valence-electron chi connectivity index (χ4n) is 2.20. The van der Waals surface area contributed by atoms with Crippen molar-refractivity contribution in [2.45, 2.75) is 6.54 Å². The number of sulfonamides is 1. The maximum atomic E-state index is 13.7. The highest BCUT2D eigenvalue weighted by Gasteiger charge is 2.18. The molecule has 0 unspecified atom stereocenters. The van der Waals surface area contributed by atoms with Gasteiger partial charge in [-0.2, -0.15) is 4.31 Å². The molecule has 1 N–H and O–H groups in total. The summed E-state index contributed by atoms with van der Waals surface area (Å²) < 4.78 is 51.7. The molecule has 0 saturated heterocycles. The van der Waals surface area contributed by atoms with Crippen LogP contribution in [0.2, 0.25) is 0 Å². The van der Waals surface area contributed by atoms with Crippen LogP contribution >= 0.6 is 0 Å². The Morgan fingerprint density at radius 2 is 1.84 bits per heavy atom. The molecule has 0 bridgehead atoms. The summed E-state index contributed by atoms with van der Waals surface area (Å²) in [6.45, 7) is -0.160. The SMILES string of the molecule is CS(=O)(=O)N(CCNC(=O)c1cccc(F)c1)Cc1ccccc1F. The number of rotatable bonds is 7. The van der Waals surface area contributed by atoms with Gasteiger partial charge in [0.15, 0.2) is 0 Å². The molecule has 134 valence electrons. The Bertz CT molecular complexity index is 856. The zero-order chi connectivity index (χ0) is 18.4. The van der Waals surface area contributed by atoms with E-state index in [2.05, 4.69) is 5.32 Å². The Labute approximate surface area is 145 Å². The largest absolute Gasteiger partial charge is 0.351 e. The fraction of sp³-hybridized carbons (Fsp3) is 0.235. The van der Waals surface area contributed by atoms with Gasteiger partial charge in [-0.3, -0.25) is 4.79 Å². The lowest BCUT2D eigenvalue weighted by Crippen LogP contribution is -2.37. The lowest BCUT2D eigenvalue weighted by Gasteiger charge is -2.20. The van der Waals surface area contributed by atoms with Gasteiger partial charge in [0.05, 0.1) is 6.26 Å². The first kappa shape index (κ1) is 19.0. The molecule has 0 atom stereocenters. The Kier molecular flexibility index (Phi) is 6.22. The highest BCUT2D eigenvalue weighted by molar-refractivity contribution is 7.88. The standard InChI is InChI=1S/C17H18F2N2O3S/c1-25(23,24)21(12-14-5-2-3-8-16(14)19)10-9-20-17(22)13-6-4-7-15(18)11-13/h2-8,11H,9-10,12H2,1H3,(H,20,22). The number of halogens is 2. The Morgan fingerprint density at radius 1 is 1.12 bits per heavy atom. The van der Waals surface area contributed by atoms with Crippen LogP contribution in [0.3, 0.4) is 0 Å². The highest BCUT2D eigenvalue weighted by Crippen LogP contribution is 2.12. The van der Waals surface area contributed by atoms with E-state index in [1.807, 2.05) is 0 Å². The minimum absolute atomic E-state index is 0.0108. The number of carbonyl (C=O) groups excluding carboxylic acids is 1. The van der Waals surface area contributed by atoms with Crippen molar-refractivity contribution < 1.29 is 22.0 Å². The van der Waals surface area contributed by atoms with Crippen molar-refractivity contribution in [2.24, 2.45) is 0 Å². The van der Waals surface area contributed by atoms with E-state index >= 15 is 0 Å². The zero-order valence-electron chi connectivity index (χ0n) is 13.6. The number of nitrogens with zero attached hydrogens (tertiary/aromatic N) is 1. The van der Waals surface area contributed by atoms with Gasteiger partial charge in [-0.15, -0.1) is 0 Å². The van der Waals surface area contributed by atoms with Crippen LogP contribution < -0.4 is 5.32 Å². The van der Waals surface area contributed by atoms with Crippen LogP contribution in [0.4, 0.5) is 8.78 Å². The van der Waals surface area contributed by atoms with Crippen molar-refractivity contribution in [3.05, 3.63) is 71.3 Å². The third-order valence-electron chi connectivity index (χ3n) is 3.51. The van der Waals surface area contributed by atoms with Gasteiger partial charge in [0.1, 0.15) is 11.6 Å². The summed E-state index contributed by atoms with van der Waals surface area (Å²) in [4.78, 5) is 11.9. The molecule has 0 aromatic heterocycles. The molecule has 0 radical (unpaired) electrons. The molecule has 2 rings (SSSR count). The lowest BCUT2D eigenvalue weighted by atomic mass is 10.2. The number of hydrogen-bond donors (Lipinski definition) is 1. The first-order valence-corrected chi connectivity index (χ1v) is 9.34. The van der Waals surface area contributed by atoms with Crippen LogP contribution in [0.5, 0.6) is 0 Å². The normalized spacial score (nSPS) is 11.5. The number of amides is 1. The molecule has 2 aromatic rings. The molecule has 5 nitrogen and oxygen atoms in total. The molecule has 0 aliphatic carbocycles. The van der Waals surface area contributed by atoms with E-state index in [1.165, 1.54) is 36.4 Å². The smallest absolute Gasteiger partial charge is 0.251 e. The molecule has 0 aliphatic heterocycles. The van der Waals surface area contributed by atoms with Crippen LogP contribution in [-0.4, -0.2) is 38.0 Å². The Balaban J connectivity index is 1.99. The van der Waals surface area contributed by atoms with E-state index in [9.17, 15) is 22.0 Å². The second-order valence-corrected chi connectivity index (χ2v) is 7.44. The monoisotopic (exact) mass is 368 g/mol. The van der Waals surface area contributed by atoms with Gasteiger partial charge in [0, 0.05) is 30.8 Å². The van der Waals surface area contributed by atoms with Gasteiger partial charge in [-0.05, 0) is 24.3 Å². The molecular weight excluding hydrogens is 350 g/mol. The molecule has 25 heavy (non-hydrogen) atoms. The summed E-state index contributed by atoms with van der Waals surface area (Å²) in [6.07, 6.45) is 1.02. The van der Waals surface area contributed by atoms with Crippen LogP contribution in [0.1, 0.15) is 15.9 Å². The van der Waals surface area contributed by atoms with Crippen molar-refractivity contribution in [1.29, 1.82) is 0 Å². The summed E-state index contributed by atoms with van der Waals surface area (Å²) in [5.74, 6) is -1.55. The maximum Gasteiger partial charge on any atom is 0.251 e. The highest BCUT2D eigenvalue weighted by atomic mass is 32.2. The minimum Gasteiger partial charge on any atom is -0.351 e. The Hall–Kier alpha value is -2.32. The molecule has 0 spiro atoms. The van der Waals surface area contributed by atoms with Gasteiger partial charge >= 0.3 is 0 Å². The second kappa shape index (κ2) is 8.17. The third kappa shape index (κ3) is 5.61. The van der Waals surface area contributed by atoms with Crippen molar-refractivity contribution in [3.8, 4) is 0 Å². The van der Waals surface area contributed by atoms with E-state index in [0.717, 1.165) is 16.6 Å². The number of benzene rings is 2. The van der Waals surface area contributed by atoms with Crippen molar-refractivity contribution in [2.75, 3.05) is 19.3 Å². The van der Waals surface area contributed by atoms with Gasteiger partial charge in [-0.1, -0.05) is 24.3 Å². The maximum absolute atomic E-state index is 13.7. The average molecular weight is 368 g/mol. The van der Waals surface area contributed by atoms with E-state index < -0.39 is 27.6 Å². The van der Waals surface area contributed by atoms with Crippen LogP contribution in [0.25, 0.3) is 0 Å². The zero-order valence-corrected chi connectivity index (χ0v) is 14.4. The summed E-state index contributed by atoms with van der Waals surface area (Å²) in [5.41, 5.74) is 0.379. The van der Waals surface area contributed by atoms with E-state index in [0.29, 0.717) is 0 Å². The minimum atomic E-state index is -3.59. The molecular formula is C17H18F2N2O3S.